The van der Waals surface area contributed by atoms with E-state index < -0.39 is 0 Å². The molecule has 0 radical (unpaired) electrons. The minimum atomic E-state index is 0.638. The third-order valence-corrected chi connectivity index (χ3v) is 3.04. The lowest BCUT2D eigenvalue weighted by atomic mass is 9.94. The van der Waals surface area contributed by atoms with Crippen molar-refractivity contribution in [2.75, 3.05) is 19.6 Å². The summed E-state index contributed by atoms with van der Waals surface area (Å²) >= 11 is 0. The van der Waals surface area contributed by atoms with E-state index in [1.807, 2.05) is 0 Å². The summed E-state index contributed by atoms with van der Waals surface area (Å²) in [5.74, 6) is 0.638. The standard InChI is InChI=1S/C11H14N2/c1-2-5-11-9-13-7-3-6-12(13)8-10(11)4-1/h1-2,4-5,8,11H,3,6-7,9H2. The summed E-state index contributed by atoms with van der Waals surface area (Å²) in [6, 6.07) is 0. The lowest BCUT2D eigenvalue weighted by Gasteiger charge is -2.36. The van der Waals surface area contributed by atoms with Gasteiger partial charge in [-0.3, -0.25) is 0 Å². The van der Waals surface area contributed by atoms with Gasteiger partial charge >= 0.3 is 0 Å². The molecule has 0 spiro atoms. The Morgan fingerprint density at radius 1 is 1.23 bits per heavy atom. The van der Waals surface area contributed by atoms with Gasteiger partial charge in [-0.2, -0.15) is 0 Å². The van der Waals surface area contributed by atoms with Crippen LogP contribution in [0.2, 0.25) is 0 Å². The molecule has 1 saturated heterocycles. The molecule has 2 heteroatoms. The molecule has 1 fully saturated rings. The second-order valence-corrected chi connectivity index (χ2v) is 3.91. The molecule has 1 aliphatic carbocycles. The number of allylic oxidation sites excluding steroid dienone is 3. The fraction of sp³-hybridized carbons (Fsp3) is 0.455. The molecule has 0 aromatic rings. The average molecular weight is 174 g/mol. The van der Waals surface area contributed by atoms with Gasteiger partial charge in [0.05, 0.1) is 0 Å². The molecule has 0 aromatic heterocycles. The SMILES string of the molecule is C1=CC2=CN3CCCN3CC2C=C1. The van der Waals surface area contributed by atoms with E-state index in [1.165, 1.54) is 31.6 Å². The van der Waals surface area contributed by atoms with Crippen LogP contribution in [0.1, 0.15) is 6.42 Å². The first kappa shape index (κ1) is 7.39. The average Bonchev–Trinajstić information content (AvgIpc) is 2.61. The lowest BCUT2D eigenvalue weighted by molar-refractivity contribution is 0.0579. The van der Waals surface area contributed by atoms with Crippen molar-refractivity contribution in [3.8, 4) is 0 Å². The Morgan fingerprint density at radius 3 is 3.23 bits per heavy atom. The molecule has 0 amide bonds. The first-order valence-electron chi connectivity index (χ1n) is 5.01. The van der Waals surface area contributed by atoms with Crippen molar-refractivity contribution >= 4 is 0 Å². The summed E-state index contributed by atoms with van der Waals surface area (Å²) < 4.78 is 0. The second-order valence-electron chi connectivity index (χ2n) is 3.91. The van der Waals surface area contributed by atoms with Crippen LogP contribution in [-0.2, 0) is 0 Å². The Balaban J connectivity index is 1.93. The van der Waals surface area contributed by atoms with E-state index in [-0.39, 0.29) is 0 Å². The minimum Gasteiger partial charge on any atom is -0.313 e. The number of hydrogen-bond donors (Lipinski definition) is 0. The van der Waals surface area contributed by atoms with Crippen molar-refractivity contribution in [1.82, 2.24) is 10.0 Å². The van der Waals surface area contributed by atoms with E-state index in [4.69, 9.17) is 0 Å². The third kappa shape index (κ3) is 1.13. The molecule has 2 aliphatic heterocycles. The minimum absolute atomic E-state index is 0.638. The quantitative estimate of drug-likeness (QED) is 0.549. The van der Waals surface area contributed by atoms with Crippen molar-refractivity contribution in [2.45, 2.75) is 6.42 Å². The summed E-state index contributed by atoms with van der Waals surface area (Å²) in [5.41, 5.74) is 1.47. The highest BCUT2D eigenvalue weighted by atomic mass is 15.6. The van der Waals surface area contributed by atoms with Crippen LogP contribution in [0.25, 0.3) is 0 Å². The van der Waals surface area contributed by atoms with Crippen LogP contribution >= 0.6 is 0 Å². The van der Waals surface area contributed by atoms with E-state index in [2.05, 4.69) is 40.5 Å². The van der Waals surface area contributed by atoms with E-state index in [0.29, 0.717) is 5.92 Å². The molecular weight excluding hydrogens is 160 g/mol. The molecule has 0 N–H and O–H groups in total. The molecular formula is C11H14N2. The molecule has 0 aromatic carbocycles. The largest absolute Gasteiger partial charge is 0.313 e. The van der Waals surface area contributed by atoms with Gasteiger partial charge in [0.1, 0.15) is 0 Å². The van der Waals surface area contributed by atoms with Crippen molar-refractivity contribution < 1.29 is 0 Å². The number of nitrogens with zero attached hydrogens (tertiary/aromatic N) is 2. The molecule has 1 unspecified atom stereocenters. The molecule has 1 atom stereocenters. The van der Waals surface area contributed by atoms with Crippen LogP contribution < -0.4 is 0 Å². The predicted molar refractivity (Wildman–Crippen MR) is 52.7 cm³/mol. The maximum Gasteiger partial charge on any atom is 0.0353 e. The van der Waals surface area contributed by atoms with Crippen LogP contribution in [0.3, 0.4) is 0 Å². The summed E-state index contributed by atoms with van der Waals surface area (Å²) in [6.45, 7) is 3.61. The number of fused-ring (bicyclic) bond motifs is 2. The van der Waals surface area contributed by atoms with Crippen molar-refractivity contribution in [1.29, 1.82) is 0 Å². The van der Waals surface area contributed by atoms with Crippen LogP contribution in [0.4, 0.5) is 0 Å². The van der Waals surface area contributed by atoms with Gasteiger partial charge in [-0.25, -0.2) is 5.01 Å². The zero-order chi connectivity index (χ0) is 8.67. The van der Waals surface area contributed by atoms with Crippen molar-refractivity contribution in [3.63, 3.8) is 0 Å². The van der Waals surface area contributed by atoms with Gasteiger partial charge in [0.15, 0.2) is 0 Å². The highest BCUT2D eigenvalue weighted by Gasteiger charge is 2.28. The zero-order valence-corrected chi connectivity index (χ0v) is 7.69. The Morgan fingerprint density at radius 2 is 2.23 bits per heavy atom. The van der Waals surface area contributed by atoms with Gasteiger partial charge in [-0.15, -0.1) is 0 Å². The van der Waals surface area contributed by atoms with Gasteiger partial charge in [0, 0.05) is 31.8 Å². The van der Waals surface area contributed by atoms with Crippen LogP contribution in [-0.4, -0.2) is 29.7 Å². The smallest absolute Gasteiger partial charge is 0.0353 e. The molecule has 68 valence electrons. The normalized spacial score (nSPS) is 31.5. The Hall–Kier alpha value is -1.02. The Bertz CT molecular complexity index is 301. The van der Waals surface area contributed by atoms with Gasteiger partial charge in [0.25, 0.3) is 0 Å². The predicted octanol–water partition coefficient (Wildman–Crippen LogP) is 1.55. The zero-order valence-electron chi connectivity index (χ0n) is 7.69. The van der Waals surface area contributed by atoms with E-state index in [0.717, 1.165) is 0 Å². The number of hydrazine groups is 1. The van der Waals surface area contributed by atoms with Crippen LogP contribution in [0.15, 0.2) is 36.1 Å². The highest BCUT2D eigenvalue weighted by molar-refractivity contribution is 5.34. The van der Waals surface area contributed by atoms with E-state index >= 15 is 0 Å². The molecule has 3 rings (SSSR count). The number of rotatable bonds is 0. The molecule has 3 aliphatic rings. The van der Waals surface area contributed by atoms with Crippen LogP contribution in [0, 0.1) is 5.92 Å². The summed E-state index contributed by atoms with van der Waals surface area (Å²) in [5, 5.41) is 4.83. The van der Waals surface area contributed by atoms with Gasteiger partial charge in [0.2, 0.25) is 0 Å². The van der Waals surface area contributed by atoms with Gasteiger partial charge in [-0.05, 0) is 12.0 Å². The molecule has 13 heavy (non-hydrogen) atoms. The Labute approximate surface area is 78.8 Å². The monoisotopic (exact) mass is 174 g/mol. The van der Waals surface area contributed by atoms with E-state index in [9.17, 15) is 0 Å². The van der Waals surface area contributed by atoms with Gasteiger partial charge in [-0.1, -0.05) is 24.3 Å². The molecule has 2 heterocycles. The molecule has 0 bridgehead atoms. The maximum atomic E-state index is 2.46. The fourth-order valence-electron chi connectivity index (χ4n) is 2.33. The van der Waals surface area contributed by atoms with Crippen molar-refractivity contribution in [3.05, 3.63) is 36.1 Å². The van der Waals surface area contributed by atoms with Crippen molar-refractivity contribution in [2.24, 2.45) is 5.92 Å². The van der Waals surface area contributed by atoms with E-state index in [1.54, 1.807) is 0 Å². The fourth-order valence-corrected chi connectivity index (χ4v) is 2.33. The summed E-state index contributed by atoms with van der Waals surface area (Å²) in [6.07, 6.45) is 12.5. The lowest BCUT2D eigenvalue weighted by Crippen LogP contribution is -2.40. The topological polar surface area (TPSA) is 6.48 Å². The second kappa shape index (κ2) is 2.74. The third-order valence-electron chi connectivity index (χ3n) is 3.04. The Kier molecular flexibility index (Phi) is 1.56. The first-order chi connectivity index (χ1) is 6.43. The van der Waals surface area contributed by atoms with Crippen LogP contribution in [0.5, 0.6) is 0 Å². The number of hydrogen-bond acceptors (Lipinski definition) is 2. The highest BCUT2D eigenvalue weighted by Crippen LogP contribution is 2.28. The molecule has 2 nitrogen and oxygen atoms in total. The maximum absolute atomic E-state index is 2.46. The summed E-state index contributed by atoms with van der Waals surface area (Å²) in [7, 11) is 0. The van der Waals surface area contributed by atoms with Gasteiger partial charge < -0.3 is 5.01 Å². The summed E-state index contributed by atoms with van der Waals surface area (Å²) in [4.78, 5) is 0. The first-order valence-corrected chi connectivity index (χ1v) is 5.01. The molecule has 0 saturated carbocycles.